The van der Waals surface area contributed by atoms with Gasteiger partial charge in [-0.15, -0.1) is 5.10 Å². The molecule has 1 aliphatic rings. The molecule has 1 amide bonds. The second kappa shape index (κ2) is 10.7. The second-order valence-electron chi connectivity index (χ2n) is 9.22. The molecule has 1 saturated heterocycles. The number of hydrogen-bond acceptors (Lipinski definition) is 5. The van der Waals surface area contributed by atoms with Gasteiger partial charge >= 0.3 is 6.18 Å². The third-order valence-electron chi connectivity index (χ3n) is 6.52. The van der Waals surface area contributed by atoms with Crippen LogP contribution in [0.3, 0.4) is 0 Å². The number of halogens is 3. The molecule has 0 aliphatic carbocycles. The summed E-state index contributed by atoms with van der Waals surface area (Å²) in [5.74, 6) is -1.40. The molecule has 0 saturated carbocycles. The summed E-state index contributed by atoms with van der Waals surface area (Å²) in [6.07, 6.45) is 0.275. The van der Waals surface area contributed by atoms with E-state index in [1.165, 1.54) is 24.8 Å². The SMILES string of the molecule is Cc1nc2nc(C(F)(F)F)nn2c(C)c1CCC(=O)N[C@@H](Cc1ccccc1)CN1CCCCC1. The highest BCUT2D eigenvalue weighted by Gasteiger charge is 2.37. The quantitative estimate of drug-likeness (QED) is 0.521. The van der Waals surface area contributed by atoms with Gasteiger partial charge in [-0.05, 0) is 63.7 Å². The highest BCUT2D eigenvalue weighted by molar-refractivity contribution is 5.76. The number of rotatable bonds is 8. The number of amides is 1. The van der Waals surface area contributed by atoms with Gasteiger partial charge in [0, 0.05) is 30.4 Å². The number of aryl methyl sites for hydroxylation is 2. The van der Waals surface area contributed by atoms with Crippen LogP contribution in [0, 0.1) is 13.8 Å². The van der Waals surface area contributed by atoms with Crippen molar-refractivity contribution in [2.24, 2.45) is 0 Å². The van der Waals surface area contributed by atoms with E-state index in [9.17, 15) is 18.0 Å². The number of aromatic nitrogens is 4. The first-order valence-electron chi connectivity index (χ1n) is 12.1. The van der Waals surface area contributed by atoms with Crippen LogP contribution in [0.2, 0.25) is 0 Å². The molecule has 1 fully saturated rings. The summed E-state index contributed by atoms with van der Waals surface area (Å²) in [5.41, 5.74) is 2.94. The topological polar surface area (TPSA) is 75.4 Å². The fourth-order valence-corrected chi connectivity index (χ4v) is 4.74. The van der Waals surface area contributed by atoms with E-state index in [2.05, 4.69) is 37.4 Å². The summed E-state index contributed by atoms with van der Waals surface area (Å²) in [6, 6.07) is 10.1. The van der Waals surface area contributed by atoms with E-state index in [0.717, 1.165) is 30.6 Å². The Morgan fingerprint density at radius 3 is 2.49 bits per heavy atom. The van der Waals surface area contributed by atoms with Gasteiger partial charge in [0.25, 0.3) is 11.6 Å². The number of likely N-dealkylation sites (tertiary alicyclic amines) is 1. The van der Waals surface area contributed by atoms with E-state index >= 15 is 0 Å². The van der Waals surface area contributed by atoms with Crippen molar-refractivity contribution in [3.63, 3.8) is 0 Å². The predicted molar refractivity (Wildman–Crippen MR) is 126 cm³/mol. The third kappa shape index (κ3) is 6.36. The minimum atomic E-state index is -4.64. The van der Waals surface area contributed by atoms with Gasteiger partial charge in [0.15, 0.2) is 0 Å². The highest BCUT2D eigenvalue weighted by atomic mass is 19.4. The number of piperidine rings is 1. The predicted octanol–water partition coefficient (Wildman–Crippen LogP) is 3.91. The number of carbonyl (C=O) groups is 1. The molecular weight excluding hydrogens is 457 g/mol. The minimum absolute atomic E-state index is 0.0181. The van der Waals surface area contributed by atoms with Gasteiger partial charge < -0.3 is 10.2 Å². The zero-order valence-electron chi connectivity index (χ0n) is 20.1. The molecule has 10 heteroatoms. The summed E-state index contributed by atoms with van der Waals surface area (Å²) in [7, 11) is 0. The van der Waals surface area contributed by atoms with Gasteiger partial charge in [0.1, 0.15) is 0 Å². The average Bonchev–Trinajstić information content (AvgIpc) is 3.25. The molecule has 2 aromatic heterocycles. The van der Waals surface area contributed by atoms with Crippen molar-refractivity contribution in [2.45, 2.75) is 64.6 Å². The Kier molecular flexibility index (Phi) is 7.69. The van der Waals surface area contributed by atoms with Crippen LogP contribution < -0.4 is 5.32 Å². The smallest absolute Gasteiger partial charge is 0.352 e. The van der Waals surface area contributed by atoms with E-state index in [1.54, 1.807) is 13.8 Å². The molecule has 4 rings (SSSR count). The van der Waals surface area contributed by atoms with Crippen molar-refractivity contribution in [3.8, 4) is 0 Å². The molecule has 188 valence electrons. The molecule has 0 spiro atoms. The fraction of sp³-hybridized carbons (Fsp3) is 0.520. The van der Waals surface area contributed by atoms with Crippen LogP contribution in [0.15, 0.2) is 30.3 Å². The van der Waals surface area contributed by atoms with Gasteiger partial charge in [-0.25, -0.2) is 9.50 Å². The largest absolute Gasteiger partial charge is 0.453 e. The normalized spacial score (nSPS) is 15.9. The van der Waals surface area contributed by atoms with Crippen LogP contribution in [-0.2, 0) is 23.8 Å². The highest BCUT2D eigenvalue weighted by Crippen LogP contribution is 2.27. The van der Waals surface area contributed by atoms with E-state index in [1.807, 2.05) is 18.2 Å². The number of nitrogens with one attached hydrogen (secondary N) is 1. The van der Waals surface area contributed by atoms with Crippen molar-refractivity contribution in [3.05, 3.63) is 58.7 Å². The molecule has 3 aromatic rings. The van der Waals surface area contributed by atoms with Crippen molar-refractivity contribution in [1.29, 1.82) is 0 Å². The maximum atomic E-state index is 13.0. The molecule has 3 heterocycles. The first-order valence-corrected chi connectivity index (χ1v) is 12.1. The fourth-order valence-electron chi connectivity index (χ4n) is 4.74. The van der Waals surface area contributed by atoms with Crippen LogP contribution >= 0.6 is 0 Å². The van der Waals surface area contributed by atoms with E-state index in [0.29, 0.717) is 23.4 Å². The first-order chi connectivity index (χ1) is 16.7. The van der Waals surface area contributed by atoms with Crippen LogP contribution in [-0.4, -0.2) is 56.1 Å². The van der Waals surface area contributed by atoms with Crippen molar-refractivity contribution in [1.82, 2.24) is 29.8 Å². The van der Waals surface area contributed by atoms with Gasteiger partial charge in [-0.2, -0.15) is 18.2 Å². The van der Waals surface area contributed by atoms with Crippen molar-refractivity contribution >= 4 is 11.7 Å². The number of nitrogens with zero attached hydrogens (tertiary/aromatic N) is 5. The Morgan fingerprint density at radius 1 is 1.09 bits per heavy atom. The summed E-state index contributed by atoms with van der Waals surface area (Å²) >= 11 is 0. The van der Waals surface area contributed by atoms with Crippen LogP contribution in [0.5, 0.6) is 0 Å². The summed E-state index contributed by atoms with van der Waals surface area (Å²) < 4.78 is 40.2. The lowest BCUT2D eigenvalue weighted by molar-refractivity contribution is -0.144. The van der Waals surface area contributed by atoms with Crippen LogP contribution in [0.25, 0.3) is 5.78 Å². The monoisotopic (exact) mass is 488 g/mol. The molecule has 0 radical (unpaired) electrons. The number of alkyl halides is 3. The van der Waals surface area contributed by atoms with Crippen molar-refractivity contribution < 1.29 is 18.0 Å². The van der Waals surface area contributed by atoms with Gasteiger partial charge in [0.05, 0.1) is 0 Å². The number of fused-ring (bicyclic) bond motifs is 1. The third-order valence-corrected chi connectivity index (χ3v) is 6.52. The molecular formula is C25H31F3N6O. The van der Waals surface area contributed by atoms with Gasteiger partial charge in [-0.3, -0.25) is 4.79 Å². The van der Waals surface area contributed by atoms with E-state index in [4.69, 9.17) is 0 Å². The Labute approximate surface area is 202 Å². The molecule has 1 aromatic carbocycles. The van der Waals surface area contributed by atoms with E-state index < -0.39 is 12.0 Å². The summed E-state index contributed by atoms with van der Waals surface area (Å²) in [6.45, 7) is 6.28. The van der Waals surface area contributed by atoms with Crippen LogP contribution in [0.1, 0.15) is 54.0 Å². The zero-order chi connectivity index (χ0) is 25.0. The molecule has 7 nitrogen and oxygen atoms in total. The molecule has 1 aliphatic heterocycles. The van der Waals surface area contributed by atoms with Gasteiger partial charge in [-0.1, -0.05) is 36.8 Å². The summed E-state index contributed by atoms with van der Waals surface area (Å²) in [4.78, 5) is 23.1. The van der Waals surface area contributed by atoms with Crippen molar-refractivity contribution in [2.75, 3.05) is 19.6 Å². The Morgan fingerprint density at radius 2 is 1.80 bits per heavy atom. The lowest BCUT2D eigenvalue weighted by Gasteiger charge is -2.31. The zero-order valence-corrected chi connectivity index (χ0v) is 20.1. The lowest BCUT2D eigenvalue weighted by Crippen LogP contribution is -2.46. The molecule has 35 heavy (non-hydrogen) atoms. The Balaban J connectivity index is 1.44. The second-order valence-corrected chi connectivity index (χ2v) is 9.22. The maximum Gasteiger partial charge on any atom is 0.453 e. The van der Waals surface area contributed by atoms with E-state index in [-0.39, 0.29) is 24.1 Å². The Bertz CT molecular complexity index is 1160. The Hall–Kier alpha value is -3.01. The average molecular weight is 489 g/mol. The standard InChI is InChI=1S/C25H31F3N6O/c1-17-21(18(2)34-24(29-17)31-23(32-34)25(26,27)28)11-12-22(35)30-20(15-19-9-5-3-6-10-19)16-33-13-7-4-8-14-33/h3,5-6,9-10,20H,4,7-8,11-16H2,1-2H3,(H,30,35)/t20-/m0/s1. The molecule has 1 atom stereocenters. The lowest BCUT2D eigenvalue weighted by atomic mass is 10.0. The first kappa shape index (κ1) is 25.1. The number of carbonyl (C=O) groups excluding carboxylic acids is 1. The number of benzene rings is 1. The van der Waals surface area contributed by atoms with Crippen LogP contribution in [0.4, 0.5) is 13.2 Å². The molecule has 0 unspecified atom stereocenters. The summed E-state index contributed by atoms with van der Waals surface area (Å²) in [5, 5.41) is 6.78. The molecule has 0 bridgehead atoms. The number of hydrogen-bond donors (Lipinski definition) is 1. The van der Waals surface area contributed by atoms with Gasteiger partial charge in [0.2, 0.25) is 5.91 Å². The molecule has 1 N–H and O–H groups in total. The maximum absolute atomic E-state index is 13.0. The minimum Gasteiger partial charge on any atom is -0.352 e.